The van der Waals surface area contributed by atoms with E-state index >= 15 is 0 Å². The van der Waals surface area contributed by atoms with E-state index in [9.17, 15) is 14.4 Å². The molecule has 0 aliphatic rings. The predicted molar refractivity (Wildman–Crippen MR) is 348 cm³/mol. The lowest BCUT2D eigenvalue weighted by atomic mass is 10.0. The fourth-order valence-electron chi connectivity index (χ4n) is 10.2. The molecule has 0 radical (unpaired) electrons. The molecule has 6 heteroatoms. The van der Waals surface area contributed by atoms with Crippen molar-refractivity contribution in [3.05, 3.63) is 72.9 Å². The number of esters is 3. The van der Waals surface area contributed by atoms with Crippen LogP contribution in [-0.4, -0.2) is 37.2 Å². The number of allylic oxidation sites excluding steroid dienone is 12. The molecule has 0 aromatic rings. The van der Waals surface area contributed by atoms with Gasteiger partial charge in [0.1, 0.15) is 13.2 Å². The maximum absolute atomic E-state index is 12.9. The Morgan fingerprint density at radius 1 is 0.250 bits per heavy atom. The Labute approximate surface area is 497 Å². The van der Waals surface area contributed by atoms with Crippen molar-refractivity contribution in [1.82, 2.24) is 0 Å². The van der Waals surface area contributed by atoms with E-state index in [4.69, 9.17) is 14.2 Å². The van der Waals surface area contributed by atoms with E-state index in [2.05, 4.69) is 93.7 Å². The monoisotopic (exact) mass is 1120 g/mol. The molecule has 0 aliphatic heterocycles. The Morgan fingerprint density at radius 2 is 0.450 bits per heavy atom. The first-order valence-electron chi connectivity index (χ1n) is 34.9. The molecule has 0 aromatic carbocycles. The number of hydrogen-bond acceptors (Lipinski definition) is 6. The van der Waals surface area contributed by atoms with Crippen LogP contribution < -0.4 is 0 Å². The largest absolute Gasteiger partial charge is 0.462 e. The number of hydrogen-bond donors (Lipinski definition) is 0. The van der Waals surface area contributed by atoms with Crippen LogP contribution in [0.15, 0.2) is 72.9 Å². The summed E-state index contributed by atoms with van der Waals surface area (Å²) >= 11 is 0. The van der Waals surface area contributed by atoms with Gasteiger partial charge in [-0.05, 0) is 96.3 Å². The SMILES string of the molecule is CCCCC/C=C\C/C=C\C/C=C\CCCCCCCCC(=O)OC(COC(=O)CCCCCCCCCCCCCCCC)COC(=O)CCCCCCCCCCCCCCCC/C=C\C/C=C\C/C=C\CCCCCCC. The zero-order valence-corrected chi connectivity index (χ0v) is 53.3. The Bertz CT molecular complexity index is 1470. The third kappa shape index (κ3) is 65.7. The van der Waals surface area contributed by atoms with Crippen LogP contribution in [0.1, 0.15) is 361 Å². The van der Waals surface area contributed by atoms with Crippen LogP contribution in [0.2, 0.25) is 0 Å². The van der Waals surface area contributed by atoms with E-state index in [1.807, 2.05) is 0 Å². The maximum atomic E-state index is 12.9. The minimum atomic E-state index is -0.782. The van der Waals surface area contributed by atoms with Gasteiger partial charge in [-0.3, -0.25) is 14.4 Å². The topological polar surface area (TPSA) is 78.9 Å². The molecule has 0 N–H and O–H groups in total. The van der Waals surface area contributed by atoms with Crippen LogP contribution in [0.5, 0.6) is 0 Å². The average Bonchev–Trinajstić information content (AvgIpc) is 3.46. The lowest BCUT2D eigenvalue weighted by molar-refractivity contribution is -0.167. The van der Waals surface area contributed by atoms with Crippen molar-refractivity contribution in [2.45, 2.75) is 367 Å². The van der Waals surface area contributed by atoms with E-state index in [-0.39, 0.29) is 31.1 Å². The normalized spacial score (nSPS) is 12.5. The lowest BCUT2D eigenvalue weighted by Gasteiger charge is -2.18. The quantitative estimate of drug-likeness (QED) is 0.0261. The predicted octanol–water partition coefficient (Wildman–Crippen LogP) is 24.1. The highest BCUT2D eigenvalue weighted by atomic mass is 16.6. The van der Waals surface area contributed by atoms with Crippen molar-refractivity contribution in [2.24, 2.45) is 0 Å². The molecule has 0 amide bonds. The van der Waals surface area contributed by atoms with Gasteiger partial charge in [0.15, 0.2) is 6.10 Å². The first kappa shape index (κ1) is 76.9. The number of carbonyl (C=O) groups is 3. The van der Waals surface area contributed by atoms with Crippen LogP contribution in [0.25, 0.3) is 0 Å². The van der Waals surface area contributed by atoms with Gasteiger partial charge in [0, 0.05) is 19.3 Å². The van der Waals surface area contributed by atoms with E-state index < -0.39 is 6.10 Å². The fraction of sp³-hybridized carbons (Fsp3) is 0.797. The summed E-state index contributed by atoms with van der Waals surface area (Å²) in [6.45, 7) is 6.64. The van der Waals surface area contributed by atoms with Crippen LogP contribution in [-0.2, 0) is 28.6 Å². The molecule has 0 saturated heterocycles. The van der Waals surface area contributed by atoms with Crippen LogP contribution >= 0.6 is 0 Å². The zero-order valence-electron chi connectivity index (χ0n) is 53.3. The molecule has 1 atom stereocenters. The number of rotatable bonds is 64. The first-order valence-corrected chi connectivity index (χ1v) is 34.9. The summed E-state index contributed by atoms with van der Waals surface area (Å²) in [6.07, 6.45) is 89.2. The highest BCUT2D eigenvalue weighted by molar-refractivity contribution is 5.71. The number of unbranched alkanes of at least 4 members (excludes halogenated alkanes) is 41. The molecule has 0 saturated carbocycles. The molecule has 80 heavy (non-hydrogen) atoms. The summed E-state index contributed by atoms with van der Waals surface area (Å²) in [5.74, 6) is -0.870. The van der Waals surface area contributed by atoms with E-state index in [0.29, 0.717) is 19.3 Å². The highest BCUT2D eigenvalue weighted by Crippen LogP contribution is 2.17. The summed E-state index contributed by atoms with van der Waals surface area (Å²) in [7, 11) is 0. The van der Waals surface area contributed by atoms with Gasteiger partial charge < -0.3 is 14.2 Å². The van der Waals surface area contributed by atoms with Crippen molar-refractivity contribution >= 4 is 17.9 Å². The van der Waals surface area contributed by atoms with Crippen LogP contribution in [0.4, 0.5) is 0 Å². The van der Waals surface area contributed by atoms with Gasteiger partial charge >= 0.3 is 17.9 Å². The summed E-state index contributed by atoms with van der Waals surface area (Å²) in [6, 6.07) is 0. The fourth-order valence-corrected chi connectivity index (χ4v) is 10.2. The Kier molecular flexibility index (Phi) is 65.7. The van der Waals surface area contributed by atoms with E-state index in [1.54, 1.807) is 0 Å². The van der Waals surface area contributed by atoms with E-state index in [0.717, 1.165) is 96.3 Å². The van der Waals surface area contributed by atoms with Crippen molar-refractivity contribution in [3.8, 4) is 0 Å². The Balaban J connectivity index is 4.27. The number of carbonyl (C=O) groups excluding carboxylic acids is 3. The van der Waals surface area contributed by atoms with Crippen LogP contribution in [0, 0.1) is 0 Å². The minimum absolute atomic E-state index is 0.0768. The van der Waals surface area contributed by atoms with Gasteiger partial charge in [-0.2, -0.15) is 0 Å². The molecule has 0 aromatic heterocycles. The summed E-state index contributed by atoms with van der Waals surface area (Å²) in [5.41, 5.74) is 0. The van der Waals surface area contributed by atoms with Gasteiger partial charge in [0.05, 0.1) is 0 Å². The standard InChI is InChI=1S/C74H132O6/c1-4-7-10-13-16-19-22-25-28-30-32-33-34-35-36-37-38-39-40-41-43-44-46-49-52-55-58-61-64-67-73(76)79-70-71(69-78-72(75)66-63-60-57-54-51-48-27-24-21-18-15-12-9-6-3)80-74(77)68-65-62-59-56-53-50-47-45-42-31-29-26-23-20-17-14-11-8-5-2/h17,20,22,25-26,29-30,32,34-35,42,45,71H,4-16,18-19,21,23-24,27-28,31,33,36-41,43-44,46-70H2,1-3H3/b20-17-,25-22-,29-26-,32-30-,35-34-,45-42-. The molecular formula is C74H132O6. The van der Waals surface area contributed by atoms with Gasteiger partial charge in [0.2, 0.25) is 0 Å². The van der Waals surface area contributed by atoms with Gasteiger partial charge in [-0.25, -0.2) is 0 Å². The Morgan fingerprint density at radius 3 is 0.725 bits per heavy atom. The van der Waals surface area contributed by atoms with Gasteiger partial charge in [-0.15, -0.1) is 0 Å². The van der Waals surface area contributed by atoms with Crippen LogP contribution in [0.3, 0.4) is 0 Å². The molecule has 0 spiro atoms. The molecule has 464 valence electrons. The van der Waals surface area contributed by atoms with Crippen molar-refractivity contribution < 1.29 is 28.6 Å². The summed E-state index contributed by atoms with van der Waals surface area (Å²) in [4.78, 5) is 38.4. The van der Waals surface area contributed by atoms with Crippen molar-refractivity contribution in [3.63, 3.8) is 0 Å². The molecule has 0 aliphatic carbocycles. The molecule has 6 nitrogen and oxygen atoms in total. The maximum Gasteiger partial charge on any atom is 0.306 e. The molecule has 1 unspecified atom stereocenters. The lowest BCUT2D eigenvalue weighted by Crippen LogP contribution is -2.30. The third-order valence-corrected chi connectivity index (χ3v) is 15.4. The second-order valence-corrected chi connectivity index (χ2v) is 23.4. The average molecular weight is 1120 g/mol. The molecule has 0 heterocycles. The number of ether oxygens (including phenoxy) is 3. The molecular weight excluding hydrogens is 985 g/mol. The second-order valence-electron chi connectivity index (χ2n) is 23.4. The summed E-state index contributed by atoms with van der Waals surface area (Å²) in [5, 5.41) is 0. The highest BCUT2D eigenvalue weighted by Gasteiger charge is 2.19. The zero-order chi connectivity index (χ0) is 57.8. The molecule has 0 rings (SSSR count). The third-order valence-electron chi connectivity index (χ3n) is 15.4. The minimum Gasteiger partial charge on any atom is -0.462 e. The smallest absolute Gasteiger partial charge is 0.306 e. The molecule has 0 bridgehead atoms. The molecule has 0 fully saturated rings. The van der Waals surface area contributed by atoms with Gasteiger partial charge in [-0.1, -0.05) is 318 Å². The Hall–Kier alpha value is -3.15. The first-order chi connectivity index (χ1) is 39.5. The summed E-state index contributed by atoms with van der Waals surface area (Å²) < 4.78 is 17.0. The second kappa shape index (κ2) is 68.3. The van der Waals surface area contributed by atoms with Gasteiger partial charge in [0.25, 0.3) is 0 Å². The van der Waals surface area contributed by atoms with Crippen molar-refractivity contribution in [2.75, 3.05) is 13.2 Å². The van der Waals surface area contributed by atoms with E-state index in [1.165, 1.54) is 225 Å². The van der Waals surface area contributed by atoms with Crippen molar-refractivity contribution in [1.29, 1.82) is 0 Å².